The van der Waals surface area contributed by atoms with E-state index in [2.05, 4.69) is 20.3 Å². The van der Waals surface area contributed by atoms with Gasteiger partial charge in [-0.05, 0) is 30.3 Å². The SMILES string of the molecule is COc1ccc(-c2nnc3sc(-c4ccc(Cl)nc4Cl)nn23)cc1OC. The zero-order valence-electron chi connectivity index (χ0n) is 13.6. The standard InChI is InChI=1S/C16H11Cl2N5O2S/c1-24-10-5-3-8(7-11(10)25-2)14-20-21-16-23(14)22-15(26-16)9-4-6-12(17)19-13(9)18/h3-7H,1-2H3. The van der Waals surface area contributed by atoms with Crippen molar-refractivity contribution in [1.29, 1.82) is 0 Å². The first kappa shape index (κ1) is 17.0. The van der Waals surface area contributed by atoms with E-state index in [1.807, 2.05) is 18.2 Å². The van der Waals surface area contributed by atoms with Gasteiger partial charge in [-0.3, -0.25) is 0 Å². The predicted molar refractivity (Wildman–Crippen MR) is 100 cm³/mol. The normalized spacial score (nSPS) is 11.1. The van der Waals surface area contributed by atoms with E-state index in [0.29, 0.717) is 38.0 Å². The van der Waals surface area contributed by atoms with Crippen LogP contribution >= 0.6 is 34.5 Å². The number of hydrogen-bond donors (Lipinski definition) is 0. The number of rotatable bonds is 4. The largest absolute Gasteiger partial charge is 0.493 e. The number of halogens is 2. The van der Waals surface area contributed by atoms with Crippen LogP contribution < -0.4 is 9.47 Å². The Kier molecular flexibility index (Phi) is 4.39. The molecule has 0 saturated heterocycles. The van der Waals surface area contributed by atoms with Crippen molar-refractivity contribution in [2.24, 2.45) is 0 Å². The molecule has 26 heavy (non-hydrogen) atoms. The molecule has 0 amide bonds. The first-order valence-electron chi connectivity index (χ1n) is 7.37. The number of pyridine rings is 1. The van der Waals surface area contributed by atoms with Crippen LogP contribution in [0.3, 0.4) is 0 Å². The summed E-state index contributed by atoms with van der Waals surface area (Å²) in [6, 6.07) is 8.95. The maximum absolute atomic E-state index is 6.18. The number of aromatic nitrogens is 5. The molecule has 132 valence electrons. The average Bonchev–Trinajstić information content (AvgIpc) is 3.21. The van der Waals surface area contributed by atoms with Crippen molar-refractivity contribution in [3.8, 4) is 33.5 Å². The molecule has 0 bridgehead atoms. The third-order valence-electron chi connectivity index (χ3n) is 3.68. The minimum Gasteiger partial charge on any atom is -0.493 e. The van der Waals surface area contributed by atoms with Crippen LogP contribution in [0.2, 0.25) is 10.3 Å². The highest BCUT2D eigenvalue weighted by atomic mass is 35.5. The molecule has 0 fully saturated rings. The highest BCUT2D eigenvalue weighted by Gasteiger charge is 2.18. The average molecular weight is 408 g/mol. The quantitative estimate of drug-likeness (QED) is 0.471. The molecule has 10 heteroatoms. The van der Waals surface area contributed by atoms with Crippen molar-refractivity contribution in [2.75, 3.05) is 14.2 Å². The minimum absolute atomic E-state index is 0.287. The summed E-state index contributed by atoms with van der Waals surface area (Å²) in [5.41, 5.74) is 1.48. The third kappa shape index (κ3) is 2.86. The summed E-state index contributed by atoms with van der Waals surface area (Å²) in [4.78, 5) is 4.68. The fraction of sp³-hybridized carbons (Fsp3) is 0.125. The Hall–Kier alpha value is -2.42. The Balaban J connectivity index is 1.82. The summed E-state index contributed by atoms with van der Waals surface area (Å²) < 4.78 is 12.3. The zero-order chi connectivity index (χ0) is 18.3. The Morgan fingerprint density at radius 2 is 1.81 bits per heavy atom. The maximum Gasteiger partial charge on any atom is 0.235 e. The highest BCUT2D eigenvalue weighted by Crippen LogP contribution is 2.34. The Morgan fingerprint density at radius 1 is 1.00 bits per heavy atom. The van der Waals surface area contributed by atoms with Gasteiger partial charge in [0.05, 0.1) is 14.2 Å². The van der Waals surface area contributed by atoms with Crippen molar-refractivity contribution >= 4 is 39.5 Å². The smallest absolute Gasteiger partial charge is 0.235 e. The van der Waals surface area contributed by atoms with E-state index in [-0.39, 0.29) is 5.15 Å². The van der Waals surface area contributed by atoms with Gasteiger partial charge in [0.15, 0.2) is 22.3 Å². The lowest BCUT2D eigenvalue weighted by atomic mass is 10.2. The number of ether oxygens (including phenoxy) is 2. The van der Waals surface area contributed by atoms with Gasteiger partial charge in [0.2, 0.25) is 4.96 Å². The molecule has 1 aromatic carbocycles. The van der Waals surface area contributed by atoms with E-state index in [1.165, 1.54) is 11.3 Å². The van der Waals surface area contributed by atoms with Crippen molar-refractivity contribution in [1.82, 2.24) is 24.8 Å². The lowest BCUT2D eigenvalue weighted by molar-refractivity contribution is 0.355. The zero-order valence-corrected chi connectivity index (χ0v) is 15.9. The van der Waals surface area contributed by atoms with Gasteiger partial charge in [-0.1, -0.05) is 34.5 Å². The molecule has 0 unspecified atom stereocenters. The Morgan fingerprint density at radius 3 is 2.54 bits per heavy atom. The van der Waals surface area contributed by atoms with Crippen molar-refractivity contribution in [3.05, 3.63) is 40.6 Å². The van der Waals surface area contributed by atoms with Crippen LogP contribution in [0.5, 0.6) is 11.5 Å². The highest BCUT2D eigenvalue weighted by molar-refractivity contribution is 7.19. The molecule has 7 nitrogen and oxygen atoms in total. The molecule has 4 rings (SSSR count). The van der Waals surface area contributed by atoms with E-state index in [4.69, 9.17) is 32.7 Å². The van der Waals surface area contributed by atoms with Crippen molar-refractivity contribution in [2.45, 2.75) is 0 Å². The summed E-state index contributed by atoms with van der Waals surface area (Å²) >= 11 is 13.4. The summed E-state index contributed by atoms with van der Waals surface area (Å²) in [5, 5.41) is 14.3. The van der Waals surface area contributed by atoms with E-state index >= 15 is 0 Å². The number of nitrogens with zero attached hydrogens (tertiary/aromatic N) is 5. The van der Waals surface area contributed by atoms with E-state index < -0.39 is 0 Å². The van der Waals surface area contributed by atoms with Crippen LogP contribution in [0, 0.1) is 0 Å². The Bertz CT molecular complexity index is 1110. The molecular formula is C16H11Cl2N5O2S. The second-order valence-electron chi connectivity index (χ2n) is 5.17. The van der Waals surface area contributed by atoms with E-state index in [0.717, 1.165) is 5.56 Å². The number of fused-ring (bicyclic) bond motifs is 1. The lowest BCUT2D eigenvalue weighted by Gasteiger charge is -2.08. The molecule has 0 saturated carbocycles. The maximum atomic E-state index is 6.18. The van der Waals surface area contributed by atoms with Crippen LogP contribution in [0.4, 0.5) is 0 Å². The third-order valence-corrected chi connectivity index (χ3v) is 5.11. The molecule has 0 N–H and O–H groups in total. The summed E-state index contributed by atoms with van der Waals surface area (Å²) in [5.74, 6) is 1.82. The number of hydrogen-bond acceptors (Lipinski definition) is 7. The van der Waals surface area contributed by atoms with Gasteiger partial charge in [0, 0.05) is 11.1 Å². The Labute approximate surface area is 162 Å². The monoisotopic (exact) mass is 407 g/mol. The molecule has 0 spiro atoms. The van der Waals surface area contributed by atoms with Gasteiger partial charge in [0.25, 0.3) is 0 Å². The van der Waals surface area contributed by atoms with Crippen LogP contribution in [-0.2, 0) is 0 Å². The van der Waals surface area contributed by atoms with Gasteiger partial charge in [0.1, 0.15) is 10.3 Å². The minimum atomic E-state index is 0.287. The summed E-state index contributed by atoms with van der Waals surface area (Å²) in [6.07, 6.45) is 0. The molecule has 0 aliphatic rings. The lowest BCUT2D eigenvalue weighted by Crippen LogP contribution is -1.94. The van der Waals surface area contributed by atoms with Gasteiger partial charge >= 0.3 is 0 Å². The molecule has 3 heterocycles. The topological polar surface area (TPSA) is 74.4 Å². The molecule has 0 aliphatic heterocycles. The van der Waals surface area contributed by atoms with Crippen LogP contribution in [0.1, 0.15) is 0 Å². The van der Waals surface area contributed by atoms with Crippen molar-refractivity contribution in [3.63, 3.8) is 0 Å². The number of methoxy groups -OCH3 is 2. The first-order chi connectivity index (χ1) is 12.6. The second-order valence-corrected chi connectivity index (χ2v) is 6.87. The fourth-order valence-electron chi connectivity index (χ4n) is 2.45. The first-order valence-corrected chi connectivity index (χ1v) is 8.95. The summed E-state index contributed by atoms with van der Waals surface area (Å²) in [6.45, 7) is 0. The predicted octanol–water partition coefficient (Wildman–Crippen LogP) is 4.24. The molecule has 3 aromatic heterocycles. The van der Waals surface area contributed by atoms with Crippen molar-refractivity contribution < 1.29 is 9.47 Å². The van der Waals surface area contributed by atoms with Gasteiger partial charge in [-0.15, -0.1) is 10.2 Å². The van der Waals surface area contributed by atoms with Crippen LogP contribution in [0.15, 0.2) is 30.3 Å². The fourth-order valence-corrected chi connectivity index (χ4v) is 3.81. The summed E-state index contributed by atoms with van der Waals surface area (Å²) in [7, 11) is 3.17. The molecule has 4 aromatic rings. The second kappa shape index (κ2) is 6.71. The molecular weight excluding hydrogens is 397 g/mol. The van der Waals surface area contributed by atoms with E-state index in [9.17, 15) is 0 Å². The van der Waals surface area contributed by atoms with Crippen LogP contribution in [-0.4, -0.2) is 39.0 Å². The van der Waals surface area contributed by atoms with Gasteiger partial charge in [-0.25, -0.2) is 4.98 Å². The van der Waals surface area contributed by atoms with Gasteiger partial charge in [-0.2, -0.15) is 9.61 Å². The van der Waals surface area contributed by atoms with Gasteiger partial charge < -0.3 is 9.47 Å². The van der Waals surface area contributed by atoms with Crippen LogP contribution in [0.25, 0.3) is 26.9 Å². The molecule has 0 aliphatic carbocycles. The van der Waals surface area contributed by atoms with E-state index in [1.54, 1.807) is 30.9 Å². The molecule has 0 atom stereocenters. The molecule has 0 radical (unpaired) electrons. The number of benzene rings is 1.